The van der Waals surface area contributed by atoms with Gasteiger partial charge in [-0.1, -0.05) is 70.4 Å². The summed E-state index contributed by atoms with van der Waals surface area (Å²) in [7, 11) is -3.34. The lowest BCUT2D eigenvalue weighted by Crippen LogP contribution is -2.25. The lowest BCUT2D eigenvalue weighted by molar-refractivity contribution is -0.121. The molecule has 3 aromatic rings. The van der Waals surface area contributed by atoms with Crippen LogP contribution in [0.3, 0.4) is 0 Å². The Morgan fingerprint density at radius 2 is 1.62 bits per heavy atom. The summed E-state index contributed by atoms with van der Waals surface area (Å²) in [4.78, 5) is 24.9. The summed E-state index contributed by atoms with van der Waals surface area (Å²) in [5.74, 6) is 0.193. The van der Waals surface area contributed by atoms with Crippen molar-refractivity contribution >= 4 is 30.3 Å². The zero-order valence-corrected chi connectivity index (χ0v) is 29.8. The van der Waals surface area contributed by atoms with E-state index in [0.717, 1.165) is 25.7 Å². The van der Waals surface area contributed by atoms with Crippen molar-refractivity contribution in [3.8, 4) is 5.75 Å². The Labute approximate surface area is 286 Å². The van der Waals surface area contributed by atoms with Gasteiger partial charge < -0.3 is 24.9 Å². The van der Waals surface area contributed by atoms with Gasteiger partial charge in [0.25, 0.3) is 7.37 Å². The number of allylic oxidation sites excluding steroid dienone is 2. The Morgan fingerprint density at radius 1 is 0.958 bits per heavy atom. The molecule has 0 aliphatic heterocycles. The number of carbonyl (C=O) groups is 1. The minimum Gasteiger partial charge on any atom is -0.441 e. The van der Waals surface area contributed by atoms with Crippen LogP contribution in [0.4, 0.5) is 10.2 Å². The molecule has 3 N–H and O–H groups in total. The van der Waals surface area contributed by atoms with E-state index in [4.69, 9.17) is 15.0 Å². The van der Waals surface area contributed by atoms with Crippen molar-refractivity contribution in [3.63, 3.8) is 0 Å². The number of anilines is 1. The van der Waals surface area contributed by atoms with Gasteiger partial charge in [-0.15, -0.1) is 0 Å². The molecule has 2 atom stereocenters. The minimum absolute atomic E-state index is 0.00351. The van der Waals surface area contributed by atoms with Gasteiger partial charge in [-0.3, -0.25) is 9.36 Å². The van der Waals surface area contributed by atoms with Gasteiger partial charge in [0.1, 0.15) is 29.8 Å². The summed E-state index contributed by atoms with van der Waals surface area (Å²) in [6.07, 6.45) is 24.1. The molecule has 0 spiro atoms. The van der Waals surface area contributed by atoms with E-state index in [0.29, 0.717) is 48.7 Å². The van der Waals surface area contributed by atoms with Crippen LogP contribution in [0.1, 0.15) is 110 Å². The maximum Gasteiger partial charge on any atom is 0.272 e. The molecule has 266 valence electrons. The Kier molecular flexibility index (Phi) is 18.2. The maximum atomic E-state index is 13.9. The average Bonchev–Trinajstić information content (AvgIpc) is 3.49. The van der Waals surface area contributed by atoms with Crippen LogP contribution in [0.5, 0.6) is 5.75 Å². The SMILES string of the molecule is CCCCCCCC/C=C\CCCCCCCC(=O)NCCCP(=O)(CO[C@H](C)Cn1cnc2c(N)ncnc21)Oc1ccc(F)cc1. The molecule has 12 heteroatoms. The first-order valence-electron chi connectivity index (χ1n) is 17.8. The van der Waals surface area contributed by atoms with Gasteiger partial charge in [-0.05, 0) is 69.7 Å². The van der Waals surface area contributed by atoms with E-state index in [9.17, 15) is 13.8 Å². The Balaban J connectivity index is 1.31. The molecule has 3 rings (SSSR count). The molecule has 1 unspecified atom stereocenters. The lowest BCUT2D eigenvalue weighted by Gasteiger charge is -2.22. The molecule has 10 nitrogen and oxygen atoms in total. The van der Waals surface area contributed by atoms with Crippen LogP contribution in [0.15, 0.2) is 49.1 Å². The molecule has 48 heavy (non-hydrogen) atoms. The van der Waals surface area contributed by atoms with Crippen molar-refractivity contribution in [2.75, 3.05) is 24.8 Å². The second-order valence-electron chi connectivity index (χ2n) is 12.6. The molecule has 0 radical (unpaired) electrons. The highest BCUT2D eigenvalue weighted by molar-refractivity contribution is 7.59. The molecule has 2 aromatic heterocycles. The van der Waals surface area contributed by atoms with Crippen LogP contribution in [0.25, 0.3) is 11.2 Å². The van der Waals surface area contributed by atoms with Crippen LogP contribution in [-0.4, -0.2) is 50.6 Å². The van der Waals surface area contributed by atoms with Crippen LogP contribution in [0, 0.1) is 5.82 Å². The van der Waals surface area contributed by atoms with Gasteiger partial charge in [0.05, 0.1) is 19.0 Å². The average molecular weight is 687 g/mol. The molecule has 1 amide bonds. The molecule has 0 saturated heterocycles. The number of imidazole rings is 1. The van der Waals surface area contributed by atoms with Crippen molar-refractivity contribution in [1.82, 2.24) is 24.8 Å². The fraction of sp³-hybridized carbons (Fsp3) is 0.611. The van der Waals surface area contributed by atoms with Crippen molar-refractivity contribution in [2.45, 2.75) is 123 Å². The topological polar surface area (TPSA) is 134 Å². The lowest BCUT2D eigenvalue weighted by atomic mass is 10.1. The number of fused-ring (bicyclic) bond motifs is 1. The van der Waals surface area contributed by atoms with Gasteiger partial charge in [0, 0.05) is 19.1 Å². The minimum atomic E-state index is -3.34. The number of amides is 1. The fourth-order valence-electron chi connectivity index (χ4n) is 5.42. The number of nitrogens with two attached hydrogens (primary N) is 1. The smallest absolute Gasteiger partial charge is 0.272 e. The predicted molar refractivity (Wildman–Crippen MR) is 192 cm³/mol. The first-order valence-corrected chi connectivity index (χ1v) is 19.8. The van der Waals surface area contributed by atoms with Gasteiger partial charge in [-0.2, -0.15) is 0 Å². The van der Waals surface area contributed by atoms with Gasteiger partial charge in [0.2, 0.25) is 5.91 Å². The zero-order chi connectivity index (χ0) is 34.5. The molecule has 0 aliphatic carbocycles. The third-order valence-electron chi connectivity index (χ3n) is 8.19. The number of hydrogen-bond donors (Lipinski definition) is 2. The fourth-order valence-corrected chi connectivity index (χ4v) is 7.32. The van der Waals surface area contributed by atoms with Crippen LogP contribution in [-0.2, 0) is 20.6 Å². The highest BCUT2D eigenvalue weighted by Crippen LogP contribution is 2.48. The highest BCUT2D eigenvalue weighted by Gasteiger charge is 2.26. The van der Waals surface area contributed by atoms with E-state index in [-0.39, 0.29) is 24.5 Å². The first-order chi connectivity index (χ1) is 23.3. The summed E-state index contributed by atoms with van der Waals surface area (Å²) in [6, 6.07) is 5.41. The molecular weight excluding hydrogens is 630 g/mol. The highest BCUT2D eigenvalue weighted by atomic mass is 31.2. The number of nitrogens with one attached hydrogen (secondary N) is 1. The molecule has 0 aliphatic rings. The van der Waals surface area contributed by atoms with Crippen molar-refractivity contribution in [2.24, 2.45) is 0 Å². The number of aromatic nitrogens is 4. The number of benzene rings is 1. The van der Waals surface area contributed by atoms with Crippen LogP contribution >= 0.6 is 7.37 Å². The monoisotopic (exact) mass is 686 g/mol. The van der Waals surface area contributed by atoms with Gasteiger partial charge >= 0.3 is 0 Å². The predicted octanol–water partition coefficient (Wildman–Crippen LogP) is 8.81. The number of ether oxygens (including phenoxy) is 1. The largest absolute Gasteiger partial charge is 0.441 e. The maximum absolute atomic E-state index is 13.9. The summed E-state index contributed by atoms with van der Waals surface area (Å²) >= 11 is 0. The molecule has 2 heterocycles. The zero-order valence-electron chi connectivity index (χ0n) is 29.0. The Bertz CT molecular complexity index is 1420. The van der Waals surface area contributed by atoms with E-state index < -0.39 is 13.2 Å². The molecular formula is C36H56FN6O4P. The second-order valence-corrected chi connectivity index (χ2v) is 15.1. The van der Waals surface area contributed by atoms with E-state index in [2.05, 4.69) is 39.3 Å². The quantitative estimate of drug-likeness (QED) is 0.0486. The molecule has 0 saturated carbocycles. The van der Waals surface area contributed by atoms with Gasteiger partial charge in [0.15, 0.2) is 11.5 Å². The number of carbonyl (C=O) groups excluding carboxylic acids is 1. The third-order valence-corrected chi connectivity index (χ3v) is 10.3. The number of halogens is 1. The molecule has 1 aromatic carbocycles. The summed E-state index contributed by atoms with van der Waals surface area (Å²) in [5.41, 5.74) is 6.98. The number of hydrogen-bond acceptors (Lipinski definition) is 8. The normalized spacial score (nSPS) is 13.6. The second kappa shape index (κ2) is 22.4. The van der Waals surface area contributed by atoms with E-state index in [1.165, 1.54) is 88.4 Å². The number of unbranched alkanes of at least 4 members (excludes halogenated alkanes) is 11. The Morgan fingerprint density at radius 3 is 2.33 bits per heavy atom. The van der Waals surface area contributed by atoms with E-state index in [1.807, 2.05) is 6.92 Å². The standard InChI is InChI=1S/C36H56FN6O4P/c1-3-4-5-6-7-8-9-10-11-12-13-14-15-16-17-19-33(44)39-24-18-25-48(45,47-32-22-20-31(37)21-23-32)29-46-30(2)26-43-28-42-34-35(38)40-27-41-36(34)43/h10-11,20-23,27-28,30H,3-9,12-19,24-26,29H2,1-2H3,(H,39,44)(H2,38,40,41)/b11-10-/t30-,48?/m1/s1. The Hall–Kier alpha value is -3.30. The molecule has 0 fully saturated rings. The molecule has 0 bridgehead atoms. The summed E-state index contributed by atoms with van der Waals surface area (Å²) in [6.45, 7) is 4.89. The van der Waals surface area contributed by atoms with E-state index >= 15 is 0 Å². The number of nitrogen functional groups attached to an aromatic ring is 1. The number of nitrogens with zero attached hydrogens (tertiary/aromatic N) is 4. The number of rotatable bonds is 26. The first kappa shape index (κ1) is 39.1. The van der Waals surface area contributed by atoms with Crippen molar-refractivity contribution in [3.05, 3.63) is 54.9 Å². The summed E-state index contributed by atoms with van der Waals surface area (Å²) in [5, 5.41) is 2.94. The van der Waals surface area contributed by atoms with E-state index in [1.54, 1.807) is 10.9 Å². The van der Waals surface area contributed by atoms with Crippen molar-refractivity contribution < 1.29 is 23.0 Å². The van der Waals surface area contributed by atoms with Gasteiger partial charge in [-0.25, -0.2) is 19.3 Å². The summed E-state index contributed by atoms with van der Waals surface area (Å²) < 4.78 is 41.0. The third kappa shape index (κ3) is 15.3. The van der Waals surface area contributed by atoms with Crippen LogP contribution in [0.2, 0.25) is 0 Å². The van der Waals surface area contributed by atoms with Crippen LogP contribution < -0.4 is 15.6 Å². The van der Waals surface area contributed by atoms with Crippen molar-refractivity contribution in [1.29, 1.82) is 0 Å².